The Morgan fingerprint density at radius 1 is 1.33 bits per heavy atom. The zero-order valence-corrected chi connectivity index (χ0v) is 8.87. The molecule has 0 N–H and O–H groups in total. The fourth-order valence-corrected chi connectivity index (χ4v) is 2.30. The number of rotatable bonds is 1. The smallest absolute Gasteiger partial charge is 0.174 e. The standard InChI is InChI=1S/C9H15NOSi/c1-12(2,3)9-6-4-5-7-10(11)8-9/h4-7H,8H2,1-3H3. The highest BCUT2D eigenvalue weighted by Gasteiger charge is 2.21. The summed E-state index contributed by atoms with van der Waals surface area (Å²) < 4.78 is 0.994. The van der Waals surface area contributed by atoms with Crippen molar-refractivity contribution in [2.75, 3.05) is 6.54 Å². The number of hydroxylamine groups is 1. The second-order valence-electron chi connectivity index (χ2n) is 4.05. The second-order valence-corrected chi connectivity index (χ2v) is 9.19. The van der Waals surface area contributed by atoms with Crippen LogP contribution in [0.4, 0.5) is 0 Å². The van der Waals surface area contributed by atoms with Crippen LogP contribution in [0.2, 0.25) is 19.6 Å². The van der Waals surface area contributed by atoms with Crippen LogP contribution in [-0.2, 0) is 0 Å². The van der Waals surface area contributed by atoms with Crippen molar-refractivity contribution < 1.29 is 4.74 Å². The van der Waals surface area contributed by atoms with E-state index in [1.807, 2.05) is 6.08 Å². The largest absolute Gasteiger partial charge is 0.624 e. The van der Waals surface area contributed by atoms with Crippen LogP contribution in [0, 0.1) is 5.21 Å². The number of hydrogen-bond donors (Lipinski definition) is 0. The first-order chi connectivity index (χ1) is 5.50. The Balaban J connectivity index is 2.88. The fraction of sp³-hybridized carbons (Fsp3) is 0.444. The monoisotopic (exact) mass is 181 g/mol. The van der Waals surface area contributed by atoms with Crippen molar-refractivity contribution in [1.82, 2.24) is 0 Å². The molecular weight excluding hydrogens is 166 g/mol. The van der Waals surface area contributed by atoms with E-state index < -0.39 is 8.07 Å². The average molecular weight is 181 g/mol. The van der Waals surface area contributed by atoms with Gasteiger partial charge in [-0.15, -0.1) is 0 Å². The van der Waals surface area contributed by atoms with Gasteiger partial charge in [-0.1, -0.05) is 31.8 Å². The summed E-state index contributed by atoms with van der Waals surface area (Å²) in [5.41, 5.74) is 0. The molecule has 1 aliphatic rings. The highest BCUT2D eigenvalue weighted by molar-refractivity contribution is 6.83. The topological polar surface area (TPSA) is 26.1 Å². The molecule has 0 saturated heterocycles. The Morgan fingerprint density at radius 2 is 2.00 bits per heavy atom. The molecule has 0 aromatic heterocycles. The Hall–Kier alpha value is -0.833. The zero-order valence-electron chi connectivity index (χ0n) is 7.87. The van der Waals surface area contributed by atoms with Gasteiger partial charge in [-0.05, 0) is 5.20 Å². The van der Waals surface area contributed by atoms with Crippen LogP contribution >= 0.6 is 0 Å². The molecule has 0 unspecified atom stereocenters. The van der Waals surface area contributed by atoms with Gasteiger partial charge in [0.25, 0.3) is 0 Å². The fourth-order valence-electron chi connectivity index (χ4n) is 1.08. The number of nitrogens with zero attached hydrogens (tertiary/aromatic N) is 1. The molecule has 0 fully saturated rings. The Bertz CT molecular complexity index is 258. The summed E-state index contributed by atoms with van der Waals surface area (Å²) in [5.74, 6) is 0. The molecule has 1 heterocycles. The van der Waals surface area contributed by atoms with Crippen molar-refractivity contribution in [3.8, 4) is 0 Å². The summed E-state index contributed by atoms with van der Waals surface area (Å²) in [7, 11) is -1.28. The third-order valence-corrected chi connectivity index (χ3v) is 4.20. The van der Waals surface area contributed by atoms with Gasteiger partial charge >= 0.3 is 0 Å². The summed E-state index contributed by atoms with van der Waals surface area (Å²) in [6.45, 7) is 7.31. The van der Waals surface area contributed by atoms with Gasteiger partial charge < -0.3 is 5.21 Å². The van der Waals surface area contributed by atoms with Crippen molar-refractivity contribution in [2.24, 2.45) is 0 Å². The zero-order chi connectivity index (χ0) is 9.19. The van der Waals surface area contributed by atoms with Crippen LogP contribution in [0.3, 0.4) is 0 Å². The molecule has 66 valence electrons. The van der Waals surface area contributed by atoms with Crippen LogP contribution in [-0.4, -0.2) is 25.6 Å². The minimum absolute atomic E-state index is 0.544. The molecule has 12 heavy (non-hydrogen) atoms. The van der Waals surface area contributed by atoms with E-state index in [0.717, 1.165) is 4.74 Å². The molecule has 0 aromatic carbocycles. The quantitative estimate of drug-likeness (QED) is 0.345. The van der Waals surface area contributed by atoms with Gasteiger partial charge in [-0.3, -0.25) is 0 Å². The van der Waals surface area contributed by atoms with E-state index in [-0.39, 0.29) is 0 Å². The van der Waals surface area contributed by atoms with E-state index in [1.165, 1.54) is 5.20 Å². The summed E-state index contributed by atoms with van der Waals surface area (Å²) >= 11 is 0. The summed E-state index contributed by atoms with van der Waals surface area (Å²) in [4.78, 5) is 0. The predicted octanol–water partition coefficient (Wildman–Crippen LogP) is 1.94. The van der Waals surface area contributed by atoms with Gasteiger partial charge in [0, 0.05) is 6.08 Å². The molecule has 0 atom stereocenters. The van der Waals surface area contributed by atoms with Gasteiger partial charge in [-0.2, -0.15) is 0 Å². The average Bonchev–Trinajstić information content (AvgIpc) is 2.11. The van der Waals surface area contributed by atoms with E-state index in [1.54, 1.807) is 12.3 Å². The summed E-state index contributed by atoms with van der Waals surface area (Å²) in [6, 6.07) is 0. The van der Waals surface area contributed by atoms with Crippen LogP contribution in [0.1, 0.15) is 0 Å². The first-order valence-corrected chi connectivity index (χ1v) is 7.65. The van der Waals surface area contributed by atoms with Crippen molar-refractivity contribution in [3.63, 3.8) is 0 Å². The van der Waals surface area contributed by atoms with E-state index >= 15 is 0 Å². The maximum absolute atomic E-state index is 11.1. The number of hydrogen-bond acceptors (Lipinski definition) is 1. The third-order valence-electron chi connectivity index (χ3n) is 1.95. The van der Waals surface area contributed by atoms with Crippen molar-refractivity contribution in [1.29, 1.82) is 0 Å². The Morgan fingerprint density at radius 3 is 2.58 bits per heavy atom. The lowest BCUT2D eigenvalue weighted by atomic mass is 10.4. The minimum Gasteiger partial charge on any atom is -0.624 e. The molecule has 0 radical (unpaired) electrons. The van der Waals surface area contributed by atoms with E-state index in [0.29, 0.717) is 6.54 Å². The van der Waals surface area contributed by atoms with Crippen LogP contribution < -0.4 is 0 Å². The normalized spacial score (nSPS) is 18.2. The lowest BCUT2D eigenvalue weighted by molar-refractivity contribution is -0.441. The third kappa shape index (κ3) is 2.34. The first kappa shape index (κ1) is 9.26. The van der Waals surface area contributed by atoms with Gasteiger partial charge in [0.05, 0.1) is 8.07 Å². The molecule has 0 amide bonds. The number of allylic oxidation sites excluding steroid dienone is 3. The molecule has 1 aliphatic heterocycles. The van der Waals surface area contributed by atoms with Gasteiger partial charge in [-0.25, -0.2) is 4.74 Å². The maximum atomic E-state index is 11.1. The van der Waals surface area contributed by atoms with Gasteiger partial charge in [0.1, 0.15) is 0 Å². The molecule has 0 aliphatic carbocycles. The highest BCUT2D eigenvalue weighted by Crippen LogP contribution is 2.15. The maximum Gasteiger partial charge on any atom is 0.174 e. The molecule has 0 spiro atoms. The van der Waals surface area contributed by atoms with Crippen molar-refractivity contribution in [3.05, 3.63) is 28.6 Å². The molecule has 2 nitrogen and oxygen atoms in total. The van der Waals surface area contributed by atoms with E-state index in [2.05, 4.69) is 25.7 Å². The summed E-state index contributed by atoms with van der Waals surface area (Å²) in [5, 5.41) is 12.4. The lowest BCUT2D eigenvalue weighted by Crippen LogP contribution is -2.29. The Labute approximate surface area is 74.5 Å². The van der Waals surface area contributed by atoms with Crippen molar-refractivity contribution in [2.45, 2.75) is 19.6 Å². The van der Waals surface area contributed by atoms with Crippen LogP contribution in [0.5, 0.6) is 0 Å². The summed E-state index contributed by atoms with van der Waals surface area (Å²) in [6.07, 6.45) is 7.40. The minimum atomic E-state index is -1.28. The highest BCUT2D eigenvalue weighted by atomic mass is 28.3. The predicted molar refractivity (Wildman–Crippen MR) is 55.1 cm³/mol. The van der Waals surface area contributed by atoms with E-state index in [4.69, 9.17) is 0 Å². The van der Waals surface area contributed by atoms with Crippen molar-refractivity contribution >= 4 is 14.3 Å². The SMILES string of the molecule is C[Si](C)(C)C1=CC=CC=[N+]([O-])C1. The van der Waals surface area contributed by atoms with Gasteiger partial charge in [0.15, 0.2) is 12.8 Å². The van der Waals surface area contributed by atoms with E-state index in [9.17, 15) is 5.21 Å². The molecule has 0 bridgehead atoms. The molecule has 0 saturated carbocycles. The van der Waals surface area contributed by atoms with Gasteiger partial charge in [0.2, 0.25) is 0 Å². The van der Waals surface area contributed by atoms with Crippen LogP contribution in [0.25, 0.3) is 0 Å². The molecule has 0 aromatic rings. The van der Waals surface area contributed by atoms with Crippen LogP contribution in [0.15, 0.2) is 23.4 Å². The first-order valence-electron chi connectivity index (χ1n) is 4.15. The molecule has 3 heteroatoms. The Kier molecular flexibility index (Phi) is 2.52. The second kappa shape index (κ2) is 3.27. The lowest BCUT2D eigenvalue weighted by Gasteiger charge is -2.18. The molecular formula is C9H15NOSi. The molecule has 1 rings (SSSR count).